The highest BCUT2D eigenvalue weighted by atomic mass is 15.2. The number of hydrogen-bond donors (Lipinski definition) is 1. The van der Waals surface area contributed by atoms with E-state index < -0.39 is 0 Å². The van der Waals surface area contributed by atoms with Crippen LogP contribution in [-0.2, 0) is 7.05 Å². The van der Waals surface area contributed by atoms with Crippen LogP contribution in [0.3, 0.4) is 0 Å². The van der Waals surface area contributed by atoms with Crippen molar-refractivity contribution in [2.24, 2.45) is 12.8 Å². The SMILES string of the molecule is Cc1cc(C)cc(C(N)c2cnn(C)c2)c1. The molecule has 3 heteroatoms. The monoisotopic (exact) mass is 215 g/mol. The van der Waals surface area contributed by atoms with Crippen molar-refractivity contribution in [2.45, 2.75) is 19.9 Å². The lowest BCUT2D eigenvalue weighted by Crippen LogP contribution is -2.11. The number of benzene rings is 1. The highest BCUT2D eigenvalue weighted by Crippen LogP contribution is 2.21. The Morgan fingerprint density at radius 3 is 2.25 bits per heavy atom. The first-order chi connectivity index (χ1) is 7.56. The molecule has 1 aromatic heterocycles. The second kappa shape index (κ2) is 4.10. The number of aromatic nitrogens is 2. The van der Waals surface area contributed by atoms with Crippen molar-refractivity contribution in [3.63, 3.8) is 0 Å². The van der Waals surface area contributed by atoms with E-state index in [1.165, 1.54) is 11.1 Å². The van der Waals surface area contributed by atoms with Crippen molar-refractivity contribution in [3.8, 4) is 0 Å². The fraction of sp³-hybridized carbons (Fsp3) is 0.308. The Hall–Kier alpha value is -1.61. The van der Waals surface area contributed by atoms with E-state index in [2.05, 4.69) is 37.1 Å². The number of hydrogen-bond acceptors (Lipinski definition) is 2. The van der Waals surface area contributed by atoms with Gasteiger partial charge in [0.05, 0.1) is 12.2 Å². The predicted octanol–water partition coefficient (Wildman–Crippen LogP) is 2.09. The molecule has 2 rings (SSSR count). The largest absolute Gasteiger partial charge is 0.320 e. The molecular weight excluding hydrogens is 198 g/mol. The third kappa shape index (κ3) is 2.14. The molecule has 0 spiro atoms. The van der Waals surface area contributed by atoms with Gasteiger partial charge in [-0.3, -0.25) is 4.68 Å². The second-order valence-corrected chi connectivity index (χ2v) is 4.35. The van der Waals surface area contributed by atoms with Gasteiger partial charge in [-0.1, -0.05) is 29.3 Å². The molecule has 0 saturated carbocycles. The maximum absolute atomic E-state index is 6.21. The Labute approximate surface area is 95.9 Å². The Morgan fingerprint density at radius 1 is 1.12 bits per heavy atom. The minimum Gasteiger partial charge on any atom is -0.320 e. The van der Waals surface area contributed by atoms with E-state index in [9.17, 15) is 0 Å². The molecule has 1 unspecified atom stereocenters. The Balaban J connectivity index is 2.37. The van der Waals surface area contributed by atoms with Crippen LogP contribution in [0.2, 0.25) is 0 Å². The fourth-order valence-electron chi connectivity index (χ4n) is 1.98. The average molecular weight is 215 g/mol. The smallest absolute Gasteiger partial charge is 0.0583 e. The summed E-state index contributed by atoms with van der Waals surface area (Å²) in [4.78, 5) is 0. The molecule has 0 amide bonds. The van der Waals surface area contributed by atoms with Crippen LogP contribution in [0, 0.1) is 13.8 Å². The number of rotatable bonds is 2. The zero-order valence-corrected chi connectivity index (χ0v) is 9.94. The van der Waals surface area contributed by atoms with Gasteiger partial charge in [0.25, 0.3) is 0 Å². The average Bonchev–Trinajstić information content (AvgIpc) is 2.62. The summed E-state index contributed by atoms with van der Waals surface area (Å²) in [6.07, 6.45) is 3.78. The van der Waals surface area contributed by atoms with Crippen LogP contribution in [0.1, 0.15) is 28.3 Å². The van der Waals surface area contributed by atoms with Gasteiger partial charge in [-0.2, -0.15) is 5.10 Å². The summed E-state index contributed by atoms with van der Waals surface area (Å²) in [7, 11) is 1.90. The molecule has 1 aromatic carbocycles. The van der Waals surface area contributed by atoms with Gasteiger partial charge in [-0.05, 0) is 19.4 Å². The van der Waals surface area contributed by atoms with Gasteiger partial charge in [-0.25, -0.2) is 0 Å². The van der Waals surface area contributed by atoms with Crippen LogP contribution in [0.4, 0.5) is 0 Å². The summed E-state index contributed by atoms with van der Waals surface area (Å²) in [6.45, 7) is 4.18. The quantitative estimate of drug-likeness (QED) is 0.833. The van der Waals surface area contributed by atoms with Crippen molar-refractivity contribution in [1.82, 2.24) is 9.78 Å². The lowest BCUT2D eigenvalue weighted by atomic mass is 9.98. The number of aryl methyl sites for hydroxylation is 3. The molecule has 2 aromatic rings. The van der Waals surface area contributed by atoms with Gasteiger partial charge < -0.3 is 5.73 Å². The highest BCUT2D eigenvalue weighted by molar-refractivity contribution is 5.35. The van der Waals surface area contributed by atoms with E-state index in [-0.39, 0.29) is 6.04 Å². The second-order valence-electron chi connectivity index (χ2n) is 4.35. The Bertz CT molecular complexity index is 479. The third-order valence-corrected chi connectivity index (χ3v) is 2.69. The lowest BCUT2D eigenvalue weighted by molar-refractivity contribution is 0.765. The Morgan fingerprint density at radius 2 is 1.75 bits per heavy atom. The van der Waals surface area contributed by atoms with Gasteiger partial charge in [0.2, 0.25) is 0 Å². The first kappa shape index (κ1) is 10.9. The molecule has 16 heavy (non-hydrogen) atoms. The van der Waals surface area contributed by atoms with E-state index in [0.29, 0.717) is 0 Å². The maximum atomic E-state index is 6.21. The first-order valence-electron chi connectivity index (χ1n) is 5.38. The zero-order chi connectivity index (χ0) is 11.7. The molecule has 1 atom stereocenters. The maximum Gasteiger partial charge on any atom is 0.0583 e. The van der Waals surface area contributed by atoms with E-state index in [1.807, 2.05) is 19.4 Å². The van der Waals surface area contributed by atoms with Gasteiger partial charge in [0, 0.05) is 18.8 Å². The van der Waals surface area contributed by atoms with Crippen LogP contribution >= 0.6 is 0 Å². The summed E-state index contributed by atoms with van der Waals surface area (Å²) < 4.78 is 1.78. The van der Waals surface area contributed by atoms with Crippen molar-refractivity contribution in [3.05, 3.63) is 52.8 Å². The topological polar surface area (TPSA) is 43.8 Å². The van der Waals surface area contributed by atoms with Crippen LogP contribution in [0.5, 0.6) is 0 Å². The fourth-order valence-corrected chi connectivity index (χ4v) is 1.98. The van der Waals surface area contributed by atoms with E-state index >= 15 is 0 Å². The summed E-state index contributed by atoms with van der Waals surface area (Å²) >= 11 is 0. The molecule has 0 fully saturated rings. The molecule has 0 aliphatic carbocycles. The molecule has 0 saturated heterocycles. The molecule has 84 valence electrons. The molecule has 0 radical (unpaired) electrons. The van der Waals surface area contributed by atoms with Gasteiger partial charge >= 0.3 is 0 Å². The van der Waals surface area contributed by atoms with Crippen LogP contribution in [0.15, 0.2) is 30.6 Å². The normalized spacial score (nSPS) is 12.8. The summed E-state index contributed by atoms with van der Waals surface area (Å²) in [5, 5.41) is 4.14. The van der Waals surface area contributed by atoms with Crippen molar-refractivity contribution in [1.29, 1.82) is 0 Å². The van der Waals surface area contributed by atoms with E-state index in [1.54, 1.807) is 4.68 Å². The lowest BCUT2D eigenvalue weighted by Gasteiger charge is -2.11. The predicted molar refractivity (Wildman–Crippen MR) is 65.2 cm³/mol. The molecular formula is C13H17N3. The molecule has 0 aliphatic heterocycles. The van der Waals surface area contributed by atoms with Gasteiger partial charge in [0.15, 0.2) is 0 Å². The first-order valence-corrected chi connectivity index (χ1v) is 5.38. The summed E-state index contributed by atoms with van der Waals surface area (Å²) in [5.74, 6) is 0. The third-order valence-electron chi connectivity index (χ3n) is 2.69. The molecule has 3 nitrogen and oxygen atoms in total. The minimum absolute atomic E-state index is 0.0905. The standard InChI is InChI=1S/C13H17N3/c1-9-4-10(2)6-11(5-9)13(14)12-7-15-16(3)8-12/h4-8,13H,14H2,1-3H3. The van der Waals surface area contributed by atoms with Crippen LogP contribution < -0.4 is 5.73 Å². The number of nitrogens with zero attached hydrogens (tertiary/aromatic N) is 2. The number of nitrogens with two attached hydrogens (primary N) is 1. The molecule has 1 heterocycles. The van der Waals surface area contributed by atoms with Gasteiger partial charge in [-0.15, -0.1) is 0 Å². The van der Waals surface area contributed by atoms with E-state index in [0.717, 1.165) is 11.1 Å². The van der Waals surface area contributed by atoms with Gasteiger partial charge in [0.1, 0.15) is 0 Å². The van der Waals surface area contributed by atoms with Crippen LogP contribution in [0.25, 0.3) is 0 Å². The molecule has 0 aliphatic rings. The van der Waals surface area contributed by atoms with Crippen LogP contribution in [-0.4, -0.2) is 9.78 Å². The summed E-state index contributed by atoms with van der Waals surface area (Å²) in [5.41, 5.74) is 10.9. The summed E-state index contributed by atoms with van der Waals surface area (Å²) in [6, 6.07) is 6.32. The van der Waals surface area contributed by atoms with Crippen molar-refractivity contribution in [2.75, 3.05) is 0 Å². The molecule has 0 bridgehead atoms. The highest BCUT2D eigenvalue weighted by Gasteiger charge is 2.11. The minimum atomic E-state index is -0.0905. The van der Waals surface area contributed by atoms with Crippen molar-refractivity contribution >= 4 is 0 Å². The molecule has 2 N–H and O–H groups in total. The van der Waals surface area contributed by atoms with E-state index in [4.69, 9.17) is 5.73 Å². The van der Waals surface area contributed by atoms with Crippen molar-refractivity contribution < 1.29 is 0 Å². The zero-order valence-electron chi connectivity index (χ0n) is 9.94. The Kier molecular flexibility index (Phi) is 2.79.